The molecule has 0 spiro atoms. The average molecular weight is 280 g/mol. The smallest absolute Gasteiger partial charge is 0.113 e. The zero-order chi connectivity index (χ0) is 14.3. The molecule has 19 heavy (non-hydrogen) atoms. The van der Waals surface area contributed by atoms with E-state index in [0.29, 0.717) is 12.0 Å². The van der Waals surface area contributed by atoms with E-state index in [0.717, 1.165) is 0 Å². The second-order valence-corrected chi connectivity index (χ2v) is 8.08. The van der Waals surface area contributed by atoms with E-state index in [1.165, 1.54) is 30.0 Å². The molecule has 2 nitrogen and oxygen atoms in total. The van der Waals surface area contributed by atoms with Crippen molar-refractivity contribution in [2.24, 2.45) is 5.92 Å². The van der Waals surface area contributed by atoms with Crippen molar-refractivity contribution in [1.29, 1.82) is 0 Å². The maximum Gasteiger partial charge on any atom is 0.113 e. The summed E-state index contributed by atoms with van der Waals surface area (Å²) in [7, 11) is 0. The molecule has 2 atom stereocenters. The molecule has 1 saturated carbocycles. The van der Waals surface area contributed by atoms with E-state index >= 15 is 0 Å². The second kappa shape index (κ2) is 5.17. The van der Waals surface area contributed by atoms with Gasteiger partial charge in [-0.05, 0) is 25.7 Å². The van der Waals surface area contributed by atoms with E-state index in [4.69, 9.17) is 4.98 Å². The van der Waals surface area contributed by atoms with Gasteiger partial charge < -0.3 is 5.32 Å². The summed E-state index contributed by atoms with van der Waals surface area (Å²) in [6.07, 6.45) is 3.83. The lowest BCUT2D eigenvalue weighted by molar-refractivity contribution is 0.237. The van der Waals surface area contributed by atoms with Crippen LogP contribution in [0.5, 0.6) is 0 Å². The van der Waals surface area contributed by atoms with Gasteiger partial charge in [0.2, 0.25) is 0 Å². The van der Waals surface area contributed by atoms with E-state index in [1.54, 1.807) is 0 Å². The predicted octanol–water partition coefficient (Wildman–Crippen LogP) is 4.45. The highest BCUT2D eigenvalue weighted by Gasteiger charge is 2.40. The van der Waals surface area contributed by atoms with Crippen LogP contribution in [0, 0.1) is 5.92 Å². The van der Waals surface area contributed by atoms with E-state index in [2.05, 4.69) is 52.2 Å². The topological polar surface area (TPSA) is 24.9 Å². The van der Waals surface area contributed by atoms with Gasteiger partial charge in [0, 0.05) is 16.8 Å². The van der Waals surface area contributed by atoms with E-state index in [-0.39, 0.29) is 11.0 Å². The lowest BCUT2D eigenvalue weighted by atomic mass is 9.85. The van der Waals surface area contributed by atoms with Crippen LogP contribution in [-0.4, -0.2) is 11.0 Å². The van der Waals surface area contributed by atoms with Crippen molar-refractivity contribution in [2.45, 2.75) is 77.8 Å². The number of rotatable bonds is 5. The third-order valence-corrected chi connectivity index (χ3v) is 5.48. The quantitative estimate of drug-likeness (QED) is 0.861. The van der Waals surface area contributed by atoms with Gasteiger partial charge in [0.05, 0.1) is 11.2 Å². The Labute approximate surface area is 122 Å². The number of thiazole rings is 1. The molecule has 0 radical (unpaired) electrons. The minimum atomic E-state index is 0.0318. The molecule has 0 aliphatic heterocycles. The molecule has 1 aliphatic rings. The van der Waals surface area contributed by atoms with Crippen molar-refractivity contribution in [3.63, 3.8) is 0 Å². The Balaban J connectivity index is 2.29. The Morgan fingerprint density at radius 2 is 2.00 bits per heavy atom. The van der Waals surface area contributed by atoms with Crippen molar-refractivity contribution in [1.82, 2.24) is 10.3 Å². The molecular formula is C16H28N2S. The van der Waals surface area contributed by atoms with Gasteiger partial charge in [-0.25, -0.2) is 4.98 Å². The lowest BCUT2D eigenvalue weighted by Gasteiger charge is -2.35. The first-order chi connectivity index (χ1) is 8.77. The zero-order valence-corrected chi connectivity index (χ0v) is 14.0. The summed E-state index contributed by atoms with van der Waals surface area (Å²) in [5.74, 6) is 0.604. The van der Waals surface area contributed by atoms with Crippen molar-refractivity contribution >= 4 is 11.3 Å². The summed E-state index contributed by atoms with van der Waals surface area (Å²) in [4.78, 5) is 4.96. The number of nitrogens with one attached hydrogen (secondary N) is 1. The summed E-state index contributed by atoms with van der Waals surface area (Å²) in [5, 5.41) is 7.35. The van der Waals surface area contributed by atoms with Crippen LogP contribution in [0.4, 0.5) is 0 Å². The summed E-state index contributed by atoms with van der Waals surface area (Å²) < 4.78 is 0. The maximum absolute atomic E-state index is 4.96. The molecule has 0 aromatic carbocycles. The normalized spacial score (nSPS) is 21.2. The number of nitrogens with zero attached hydrogens (tertiary/aromatic N) is 1. The van der Waals surface area contributed by atoms with Crippen molar-refractivity contribution in [2.75, 3.05) is 0 Å². The zero-order valence-electron chi connectivity index (χ0n) is 13.2. The van der Waals surface area contributed by atoms with Crippen LogP contribution in [0.25, 0.3) is 0 Å². The molecule has 1 aliphatic carbocycles. The highest BCUT2D eigenvalue weighted by Crippen LogP contribution is 2.38. The van der Waals surface area contributed by atoms with Crippen molar-refractivity contribution < 1.29 is 0 Å². The van der Waals surface area contributed by atoms with Gasteiger partial charge >= 0.3 is 0 Å². The summed E-state index contributed by atoms with van der Waals surface area (Å²) in [6.45, 7) is 13.7. The minimum Gasteiger partial charge on any atom is -0.303 e. The van der Waals surface area contributed by atoms with Crippen LogP contribution in [0.2, 0.25) is 0 Å². The van der Waals surface area contributed by atoms with E-state index in [9.17, 15) is 0 Å². The molecule has 2 unspecified atom stereocenters. The summed E-state index contributed by atoms with van der Waals surface area (Å²) >= 11 is 1.82. The number of hydrogen-bond donors (Lipinski definition) is 1. The largest absolute Gasteiger partial charge is 0.303 e. The summed E-state index contributed by atoms with van der Waals surface area (Å²) in [5.41, 5.74) is 1.40. The molecule has 0 bridgehead atoms. The molecule has 108 valence electrons. The third kappa shape index (κ3) is 3.19. The Morgan fingerprint density at radius 3 is 2.42 bits per heavy atom. The molecule has 1 aromatic rings. The van der Waals surface area contributed by atoms with Gasteiger partial charge in [-0.1, -0.05) is 41.0 Å². The average Bonchev–Trinajstić information content (AvgIpc) is 2.97. The number of hydrogen-bond acceptors (Lipinski definition) is 3. The molecule has 0 amide bonds. The highest BCUT2D eigenvalue weighted by atomic mass is 32.1. The van der Waals surface area contributed by atoms with E-state index < -0.39 is 0 Å². The minimum absolute atomic E-state index is 0.0318. The van der Waals surface area contributed by atoms with Crippen LogP contribution < -0.4 is 5.32 Å². The molecule has 1 heterocycles. The molecule has 1 N–H and O–H groups in total. The SMILES string of the molecule is CCC(C)C(C)(NC1CC1)c1nc(C(C)(C)C)cs1. The first-order valence-corrected chi connectivity index (χ1v) is 8.39. The standard InChI is InChI=1S/C16H28N2S/c1-7-11(2)16(6,18-12-8-9-12)14-17-13(10-19-14)15(3,4)5/h10-12,18H,7-9H2,1-6H3. The van der Waals surface area contributed by atoms with Gasteiger partial charge in [0.25, 0.3) is 0 Å². The van der Waals surface area contributed by atoms with E-state index in [1.807, 2.05) is 11.3 Å². The molecule has 1 fully saturated rings. The maximum atomic E-state index is 4.96. The van der Waals surface area contributed by atoms with Gasteiger partial charge in [0.1, 0.15) is 5.01 Å². The van der Waals surface area contributed by atoms with Gasteiger partial charge in [-0.15, -0.1) is 11.3 Å². The molecule has 1 aromatic heterocycles. The molecule has 0 saturated heterocycles. The fourth-order valence-corrected chi connectivity index (χ4v) is 3.62. The summed E-state index contributed by atoms with van der Waals surface area (Å²) in [6, 6.07) is 0.709. The van der Waals surface area contributed by atoms with Crippen LogP contribution in [0.1, 0.15) is 71.5 Å². The van der Waals surface area contributed by atoms with Gasteiger partial charge in [0.15, 0.2) is 0 Å². The van der Waals surface area contributed by atoms with Crippen LogP contribution in [-0.2, 0) is 11.0 Å². The van der Waals surface area contributed by atoms with Crippen molar-refractivity contribution in [3.8, 4) is 0 Å². The Bertz CT molecular complexity index is 428. The second-order valence-electron chi connectivity index (χ2n) is 7.22. The molecular weight excluding hydrogens is 252 g/mol. The van der Waals surface area contributed by atoms with Crippen LogP contribution in [0.3, 0.4) is 0 Å². The fraction of sp³-hybridized carbons (Fsp3) is 0.812. The Hall–Kier alpha value is -0.410. The molecule has 3 heteroatoms. The lowest BCUT2D eigenvalue weighted by Crippen LogP contribution is -2.46. The van der Waals surface area contributed by atoms with Gasteiger partial charge in [-0.3, -0.25) is 0 Å². The predicted molar refractivity (Wildman–Crippen MR) is 83.8 cm³/mol. The monoisotopic (exact) mass is 280 g/mol. The van der Waals surface area contributed by atoms with Crippen LogP contribution in [0.15, 0.2) is 5.38 Å². The van der Waals surface area contributed by atoms with Gasteiger partial charge in [-0.2, -0.15) is 0 Å². The number of aromatic nitrogens is 1. The first-order valence-electron chi connectivity index (χ1n) is 7.51. The van der Waals surface area contributed by atoms with Crippen molar-refractivity contribution in [3.05, 3.63) is 16.1 Å². The fourth-order valence-electron chi connectivity index (χ4n) is 2.33. The third-order valence-electron chi connectivity index (χ3n) is 4.40. The first kappa shape index (κ1) is 15.0. The Morgan fingerprint density at radius 1 is 1.37 bits per heavy atom. The Kier molecular flexibility index (Phi) is 4.08. The van der Waals surface area contributed by atoms with Crippen LogP contribution >= 0.6 is 11.3 Å². The highest BCUT2D eigenvalue weighted by molar-refractivity contribution is 7.09. The molecule has 2 rings (SSSR count).